The maximum Gasteiger partial charge on any atom is 0.333 e. The van der Waals surface area contributed by atoms with Gasteiger partial charge in [-0.1, -0.05) is 42.5 Å². The zero-order valence-corrected chi connectivity index (χ0v) is 19.1. The molecule has 0 saturated heterocycles. The molecule has 166 valence electrons. The summed E-state index contributed by atoms with van der Waals surface area (Å²) in [7, 11) is 0.112. The van der Waals surface area contributed by atoms with Crippen LogP contribution in [0.25, 0.3) is 10.8 Å². The standard InChI is InChI=1S/C25H27N3O3S/c1-28(2)19-14-18-13-17-9-5-11-21(17)24(22(18)15-19)26-25(29)27-32(30,31)23-12-6-8-16-7-3-4-10-20(16)23/h3-4,6-8,10,12-13,19H,5,9,11,14-15H2,1-2H3,(H2,26,27,29). The number of nitrogens with one attached hydrogen (secondary N) is 2. The third-order valence-electron chi connectivity index (χ3n) is 6.73. The maximum atomic E-state index is 13.1. The van der Waals surface area contributed by atoms with Gasteiger partial charge in [-0.15, -0.1) is 0 Å². The number of fused-ring (bicyclic) bond motifs is 3. The topological polar surface area (TPSA) is 78.5 Å². The van der Waals surface area contributed by atoms with Crippen LogP contribution in [0.4, 0.5) is 10.5 Å². The average molecular weight is 450 g/mol. The number of amides is 2. The van der Waals surface area contributed by atoms with Gasteiger partial charge in [-0.25, -0.2) is 17.9 Å². The Bertz CT molecular complexity index is 1330. The molecule has 2 N–H and O–H groups in total. The largest absolute Gasteiger partial charge is 0.333 e. The second-order valence-corrected chi connectivity index (χ2v) is 10.6. The molecule has 3 aromatic rings. The molecule has 7 heteroatoms. The minimum atomic E-state index is -4.03. The van der Waals surface area contributed by atoms with Gasteiger partial charge in [-0.05, 0) is 79.9 Å². The van der Waals surface area contributed by atoms with Gasteiger partial charge in [0.15, 0.2) is 0 Å². The van der Waals surface area contributed by atoms with Crippen molar-refractivity contribution in [2.75, 3.05) is 19.4 Å². The molecule has 3 aromatic carbocycles. The number of carbonyl (C=O) groups is 1. The zero-order chi connectivity index (χ0) is 22.5. The van der Waals surface area contributed by atoms with Gasteiger partial charge < -0.3 is 10.2 Å². The summed E-state index contributed by atoms with van der Waals surface area (Å²) in [4.78, 5) is 15.2. The fraction of sp³-hybridized carbons (Fsp3) is 0.320. The molecule has 0 saturated carbocycles. The highest BCUT2D eigenvalue weighted by molar-refractivity contribution is 7.90. The van der Waals surface area contributed by atoms with Crippen molar-refractivity contribution in [2.24, 2.45) is 0 Å². The molecule has 0 heterocycles. The summed E-state index contributed by atoms with van der Waals surface area (Å²) in [6, 6.07) is 14.3. The van der Waals surface area contributed by atoms with E-state index in [0.717, 1.165) is 54.3 Å². The van der Waals surface area contributed by atoms with Gasteiger partial charge in [0.25, 0.3) is 10.0 Å². The van der Waals surface area contributed by atoms with Crippen molar-refractivity contribution in [3.8, 4) is 0 Å². The fourth-order valence-electron chi connectivity index (χ4n) is 5.09. The smallest absolute Gasteiger partial charge is 0.307 e. The van der Waals surface area contributed by atoms with Crippen molar-refractivity contribution >= 4 is 32.5 Å². The molecular weight excluding hydrogens is 422 g/mol. The lowest BCUT2D eigenvalue weighted by molar-refractivity contribution is 0.256. The van der Waals surface area contributed by atoms with Crippen LogP contribution in [0.3, 0.4) is 0 Å². The molecular formula is C25H27N3O3S. The van der Waals surface area contributed by atoms with Crippen LogP contribution in [0.1, 0.15) is 28.7 Å². The number of nitrogens with zero attached hydrogens (tertiary/aromatic N) is 1. The second kappa shape index (κ2) is 7.90. The van der Waals surface area contributed by atoms with Crippen LogP contribution in [0, 0.1) is 0 Å². The number of sulfonamides is 1. The Morgan fingerprint density at radius 3 is 2.56 bits per heavy atom. The fourth-order valence-corrected chi connectivity index (χ4v) is 6.23. The number of carbonyl (C=O) groups excluding carboxylic acids is 1. The van der Waals surface area contributed by atoms with Crippen LogP contribution in [-0.4, -0.2) is 39.5 Å². The van der Waals surface area contributed by atoms with Crippen molar-refractivity contribution in [3.05, 3.63) is 70.8 Å². The molecule has 2 aliphatic rings. The average Bonchev–Trinajstić information content (AvgIpc) is 3.40. The van der Waals surface area contributed by atoms with Gasteiger partial charge >= 0.3 is 6.03 Å². The number of likely N-dealkylation sites (N-methyl/N-ethyl adjacent to an activating group) is 1. The molecule has 5 rings (SSSR count). The van der Waals surface area contributed by atoms with Gasteiger partial charge in [0.1, 0.15) is 0 Å². The predicted molar refractivity (Wildman–Crippen MR) is 127 cm³/mol. The Morgan fingerprint density at radius 1 is 0.969 bits per heavy atom. The normalized spacial score (nSPS) is 17.4. The first-order valence-electron chi connectivity index (χ1n) is 11.0. The van der Waals surface area contributed by atoms with Crippen LogP contribution < -0.4 is 10.0 Å². The first-order chi connectivity index (χ1) is 15.3. The summed E-state index contributed by atoms with van der Waals surface area (Å²) >= 11 is 0. The first-order valence-corrected chi connectivity index (χ1v) is 12.5. The second-order valence-electron chi connectivity index (χ2n) is 8.94. The van der Waals surface area contributed by atoms with Crippen LogP contribution in [0.2, 0.25) is 0 Å². The molecule has 32 heavy (non-hydrogen) atoms. The highest BCUT2D eigenvalue weighted by Crippen LogP contribution is 2.39. The first kappa shape index (κ1) is 21.0. The summed E-state index contributed by atoms with van der Waals surface area (Å²) in [6.45, 7) is 0. The van der Waals surface area contributed by atoms with E-state index in [-0.39, 0.29) is 4.90 Å². The lowest BCUT2D eigenvalue weighted by Crippen LogP contribution is -2.35. The lowest BCUT2D eigenvalue weighted by Gasteiger charge is -2.19. The molecule has 0 spiro atoms. The van der Waals surface area contributed by atoms with Crippen molar-refractivity contribution < 1.29 is 13.2 Å². The van der Waals surface area contributed by atoms with E-state index < -0.39 is 16.1 Å². The molecule has 6 nitrogen and oxygen atoms in total. The van der Waals surface area contributed by atoms with Crippen LogP contribution in [-0.2, 0) is 35.7 Å². The Hall–Kier alpha value is -2.90. The van der Waals surface area contributed by atoms with Crippen molar-refractivity contribution in [2.45, 2.75) is 43.0 Å². The van der Waals surface area contributed by atoms with E-state index in [4.69, 9.17) is 0 Å². The number of rotatable bonds is 4. The van der Waals surface area contributed by atoms with Gasteiger partial charge in [0.05, 0.1) is 4.90 Å². The van der Waals surface area contributed by atoms with E-state index in [1.807, 2.05) is 18.2 Å². The number of anilines is 1. The molecule has 0 aliphatic heterocycles. The number of urea groups is 1. The highest BCUT2D eigenvalue weighted by Gasteiger charge is 2.31. The van der Waals surface area contributed by atoms with E-state index in [2.05, 4.69) is 35.1 Å². The van der Waals surface area contributed by atoms with Crippen LogP contribution >= 0.6 is 0 Å². The van der Waals surface area contributed by atoms with E-state index >= 15 is 0 Å². The molecule has 0 bridgehead atoms. The minimum absolute atomic E-state index is 0.0990. The Morgan fingerprint density at radius 2 is 1.75 bits per heavy atom. The zero-order valence-electron chi connectivity index (χ0n) is 18.3. The Labute approximate surface area is 188 Å². The lowest BCUT2D eigenvalue weighted by atomic mass is 9.99. The number of hydrogen-bond donors (Lipinski definition) is 2. The van der Waals surface area contributed by atoms with Crippen molar-refractivity contribution in [1.82, 2.24) is 9.62 Å². The summed E-state index contributed by atoms with van der Waals surface area (Å²) in [5.74, 6) is 0. The molecule has 2 amide bonds. The summed E-state index contributed by atoms with van der Waals surface area (Å²) < 4.78 is 28.4. The summed E-state index contributed by atoms with van der Waals surface area (Å²) in [6.07, 6.45) is 4.75. The third kappa shape index (κ3) is 3.65. The summed E-state index contributed by atoms with van der Waals surface area (Å²) in [5, 5.41) is 4.33. The van der Waals surface area contributed by atoms with Gasteiger partial charge in [0, 0.05) is 17.1 Å². The maximum absolute atomic E-state index is 13.1. The minimum Gasteiger partial charge on any atom is -0.307 e. The van der Waals surface area contributed by atoms with Crippen LogP contribution in [0.15, 0.2) is 53.4 Å². The van der Waals surface area contributed by atoms with Crippen molar-refractivity contribution in [3.63, 3.8) is 0 Å². The third-order valence-corrected chi connectivity index (χ3v) is 8.12. The summed E-state index contributed by atoms with van der Waals surface area (Å²) in [5.41, 5.74) is 5.64. The van der Waals surface area contributed by atoms with E-state index in [9.17, 15) is 13.2 Å². The molecule has 2 aliphatic carbocycles. The van der Waals surface area contributed by atoms with Gasteiger partial charge in [0.2, 0.25) is 0 Å². The predicted octanol–water partition coefficient (Wildman–Crippen LogP) is 3.87. The number of aryl methyl sites for hydroxylation is 1. The van der Waals surface area contributed by atoms with Gasteiger partial charge in [-0.2, -0.15) is 0 Å². The monoisotopic (exact) mass is 449 g/mol. The Balaban J connectivity index is 1.45. The Kier molecular flexibility index (Phi) is 5.18. The van der Waals surface area contributed by atoms with E-state index in [1.54, 1.807) is 18.2 Å². The number of hydrogen-bond acceptors (Lipinski definition) is 4. The quantitative estimate of drug-likeness (QED) is 0.634. The van der Waals surface area contributed by atoms with E-state index in [1.165, 1.54) is 17.2 Å². The van der Waals surface area contributed by atoms with E-state index in [0.29, 0.717) is 11.4 Å². The van der Waals surface area contributed by atoms with Crippen LogP contribution in [0.5, 0.6) is 0 Å². The molecule has 1 unspecified atom stereocenters. The molecule has 0 fully saturated rings. The molecule has 1 atom stereocenters. The van der Waals surface area contributed by atoms with Gasteiger partial charge in [-0.3, -0.25) is 0 Å². The molecule has 0 aromatic heterocycles. The SMILES string of the molecule is CN(C)C1Cc2cc3c(c(NC(=O)NS(=O)(=O)c4cccc5ccccc45)c2C1)CCC3. The highest BCUT2D eigenvalue weighted by atomic mass is 32.2. The van der Waals surface area contributed by atoms with Crippen molar-refractivity contribution in [1.29, 1.82) is 0 Å². The number of benzene rings is 3. The molecule has 0 radical (unpaired) electrons.